The van der Waals surface area contributed by atoms with Crippen molar-refractivity contribution in [2.75, 3.05) is 3.11 Å². The Morgan fingerprint density at radius 3 is 2.79 bits per heavy atom. The molecule has 70 valence electrons. The molecule has 0 fully saturated rings. The highest BCUT2D eigenvalue weighted by Crippen LogP contribution is 2.45. The van der Waals surface area contributed by atoms with Gasteiger partial charge in [0.2, 0.25) is 0 Å². The van der Waals surface area contributed by atoms with Gasteiger partial charge in [-0.1, -0.05) is 42.5 Å². The van der Waals surface area contributed by atoms with Gasteiger partial charge in [-0.2, -0.15) is 0 Å². The van der Waals surface area contributed by atoms with Gasteiger partial charge >= 0.3 is 0 Å². The molecule has 0 saturated carbocycles. The van der Waals surface area contributed by atoms with Crippen LogP contribution in [0.3, 0.4) is 0 Å². The zero-order valence-electron chi connectivity index (χ0n) is 7.60. The van der Waals surface area contributed by atoms with Gasteiger partial charge in [0.1, 0.15) is 0 Å². The van der Waals surface area contributed by atoms with E-state index in [9.17, 15) is 0 Å². The van der Waals surface area contributed by atoms with Crippen molar-refractivity contribution >= 4 is 28.6 Å². The highest BCUT2D eigenvalue weighted by molar-refractivity contribution is 14.1. The van der Waals surface area contributed by atoms with Crippen molar-refractivity contribution in [1.29, 1.82) is 0 Å². The Balaban J connectivity index is 2.17. The smallest absolute Gasteiger partial charge is 0.0679 e. The summed E-state index contributed by atoms with van der Waals surface area (Å²) in [5.41, 5.74) is 2.81. The molecule has 3 rings (SSSR count). The number of anilines is 1. The average molecular weight is 295 g/mol. The third-order valence-electron chi connectivity index (χ3n) is 2.89. The Bertz CT molecular complexity index is 422. The van der Waals surface area contributed by atoms with Crippen LogP contribution >= 0.6 is 22.9 Å². The van der Waals surface area contributed by atoms with Gasteiger partial charge in [-0.3, -0.25) is 0 Å². The summed E-state index contributed by atoms with van der Waals surface area (Å²) in [4.78, 5) is 0. The molecule has 1 aromatic rings. The van der Waals surface area contributed by atoms with Crippen LogP contribution in [0.15, 0.2) is 48.6 Å². The van der Waals surface area contributed by atoms with E-state index in [4.69, 9.17) is 0 Å². The van der Waals surface area contributed by atoms with Gasteiger partial charge in [0.05, 0.1) is 34.6 Å². The summed E-state index contributed by atoms with van der Waals surface area (Å²) in [6, 6.07) is 9.17. The van der Waals surface area contributed by atoms with E-state index in [1.807, 2.05) is 0 Å². The Hall–Kier alpha value is -0.770. The lowest BCUT2D eigenvalue weighted by molar-refractivity contribution is 0.782. The third kappa shape index (κ3) is 1.06. The quantitative estimate of drug-likeness (QED) is 0.523. The van der Waals surface area contributed by atoms with E-state index >= 15 is 0 Å². The van der Waals surface area contributed by atoms with Crippen LogP contribution in [-0.4, -0.2) is 6.04 Å². The van der Waals surface area contributed by atoms with Crippen LogP contribution in [0.2, 0.25) is 0 Å². The van der Waals surface area contributed by atoms with Gasteiger partial charge < -0.3 is 3.11 Å². The monoisotopic (exact) mass is 295 g/mol. The van der Waals surface area contributed by atoms with Crippen molar-refractivity contribution in [1.82, 2.24) is 0 Å². The molecule has 0 amide bonds. The van der Waals surface area contributed by atoms with Crippen molar-refractivity contribution in [3.05, 3.63) is 54.1 Å². The van der Waals surface area contributed by atoms with Crippen molar-refractivity contribution in [3.8, 4) is 0 Å². The van der Waals surface area contributed by atoms with Crippen LogP contribution in [0, 0.1) is 0 Å². The van der Waals surface area contributed by atoms with E-state index in [1.165, 1.54) is 11.3 Å². The van der Waals surface area contributed by atoms with E-state index in [1.54, 1.807) is 0 Å². The van der Waals surface area contributed by atoms with E-state index in [0.717, 1.165) is 0 Å². The topological polar surface area (TPSA) is 3.24 Å². The second kappa shape index (κ2) is 3.12. The van der Waals surface area contributed by atoms with Gasteiger partial charge in [0, 0.05) is 5.92 Å². The fourth-order valence-corrected chi connectivity index (χ4v) is 3.20. The Morgan fingerprint density at radius 2 is 1.86 bits per heavy atom. The molecule has 14 heavy (non-hydrogen) atoms. The van der Waals surface area contributed by atoms with Crippen LogP contribution in [0.5, 0.6) is 0 Å². The molecule has 2 aliphatic rings. The van der Waals surface area contributed by atoms with E-state index in [0.29, 0.717) is 12.0 Å². The minimum Gasteiger partial charge on any atom is -0.307 e. The fraction of sp³-hybridized carbons (Fsp3) is 0.167. The normalized spacial score (nSPS) is 27.6. The maximum absolute atomic E-state index is 2.41. The Kier molecular flexibility index (Phi) is 1.90. The van der Waals surface area contributed by atoms with Gasteiger partial charge in [0.25, 0.3) is 0 Å². The fourth-order valence-electron chi connectivity index (χ4n) is 2.22. The first-order chi connectivity index (χ1) is 6.88. The molecule has 1 aliphatic heterocycles. The third-order valence-corrected chi connectivity index (χ3v) is 4.06. The summed E-state index contributed by atoms with van der Waals surface area (Å²) >= 11 is 2.41. The molecular formula is C12H10IN. The minimum atomic E-state index is 0.512. The second-order valence-corrected chi connectivity index (χ2v) is 4.70. The zero-order valence-corrected chi connectivity index (χ0v) is 9.76. The number of benzene rings is 1. The van der Waals surface area contributed by atoms with Crippen LogP contribution in [-0.2, 0) is 0 Å². The number of nitrogens with zero attached hydrogens (tertiary/aromatic N) is 1. The predicted octanol–water partition coefficient (Wildman–Crippen LogP) is 3.43. The molecule has 1 nitrogen and oxygen atoms in total. The van der Waals surface area contributed by atoms with Gasteiger partial charge in [-0.05, 0) is 11.6 Å². The molecule has 0 radical (unpaired) electrons. The summed E-state index contributed by atoms with van der Waals surface area (Å²) in [6.07, 6.45) is 8.85. The van der Waals surface area contributed by atoms with E-state index in [-0.39, 0.29) is 0 Å². The molecule has 2 unspecified atom stereocenters. The number of para-hydroxylation sites is 1. The van der Waals surface area contributed by atoms with Crippen molar-refractivity contribution in [2.24, 2.45) is 0 Å². The summed E-state index contributed by atoms with van der Waals surface area (Å²) in [7, 11) is 0. The first kappa shape index (κ1) is 8.53. The predicted molar refractivity (Wildman–Crippen MR) is 67.8 cm³/mol. The molecule has 0 bridgehead atoms. The lowest BCUT2D eigenvalue weighted by atomic mass is 9.92. The number of hydrogen-bond donors (Lipinski definition) is 0. The number of rotatable bonds is 0. The first-order valence-corrected chi connectivity index (χ1v) is 5.73. The van der Waals surface area contributed by atoms with Gasteiger partial charge in [0.15, 0.2) is 0 Å². The zero-order chi connectivity index (χ0) is 9.54. The maximum Gasteiger partial charge on any atom is 0.0679 e. The average Bonchev–Trinajstić information content (AvgIpc) is 2.55. The van der Waals surface area contributed by atoms with Crippen LogP contribution < -0.4 is 3.11 Å². The van der Waals surface area contributed by atoms with Crippen molar-refractivity contribution in [3.63, 3.8) is 0 Å². The van der Waals surface area contributed by atoms with Crippen LogP contribution in [0.1, 0.15) is 11.5 Å². The summed E-state index contributed by atoms with van der Waals surface area (Å²) in [5, 5.41) is 0. The molecular weight excluding hydrogens is 285 g/mol. The molecule has 1 aliphatic carbocycles. The standard InChI is InChI=1S/C12H10IN/c13-14-11-7-3-1-5-9(11)10-6-2-4-8-12(10)14/h1-9,11H. The lowest BCUT2D eigenvalue weighted by Gasteiger charge is -2.21. The lowest BCUT2D eigenvalue weighted by Crippen LogP contribution is -2.23. The number of hydrogen-bond acceptors (Lipinski definition) is 1. The second-order valence-electron chi connectivity index (χ2n) is 3.66. The SMILES string of the molecule is IN1c2ccccc2C2C=CC=CC21. The van der Waals surface area contributed by atoms with Crippen LogP contribution in [0.4, 0.5) is 5.69 Å². The molecule has 1 aromatic carbocycles. The van der Waals surface area contributed by atoms with Gasteiger partial charge in [-0.15, -0.1) is 0 Å². The molecule has 2 heteroatoms. The van der Waals surface area contributed by atoms with Gasteiger partial charge in [-0.25, -0.2) is 0 Å². The Labute approximate surface area is 97.6 Å². The minimum absolute atomic E-state index is 0.512. The first-order valence-electron chi connectivity index (χ1n) is 4.77. The molecule has 0 aromatic heterocycles. The molecule has 0 spiro atoms. The molecule has 1 heterocycles. The van der Waals surface area contributed by atoms with Crippen molar-refractivity contribution in [2.45, 2.75) is 12.0 Å². The molecule has 2 atom stereocenters. The number of fused-ring (bicyclic) bond motifs is 3. The number of allylic oxidation sites excluding steroid dienone is 2. The molecule has 0 N–H and O–H groups in total. The van der Waals surface area contributed by atoms with Crippen molar-refractivity contribution < 1.29 is 0 Å². The molecule has 0 saturated heterocycles. The summed E-state index contributed by atoms with van der Waals surface area (Å²) < 4.78 is 2.33. The van der Waals surface area contributed by atoms with E-state index in [2.05, 4.69) is 74.5 Å². The van der Waals surface area contributed by atoms with Crippen LogP contribution in [0.25, 0.3) is 0 Å². The Morgan fingerprint density at radius 1 is 1.07 bits per heavy atom. The van der Waals surface area contributed by atoms with E-state index < -0.39 is 0 Å². The number of halogens is 1. The highest BCUT2D eigenvalue weighted by Gasteiger charge is 2.34. The summed E-state index contributed by atoms with van der Waals surface area (Å²) in [5.74, 6) is 0.549. The largest absolute Gasteiger partial charge is 0.307 e. The highest BCUT2D eigenvalue weighted by atomic mass is 127. The summed E-state index contributed by atoms with van der Waals surface area (Å²) in [6.45, 7) is 0. The maximum atomic E-state index is 2.41.